The maximum Gasteiger partial charge on any atom is 0.239 e. The monoisotopic (exact) mass is 267 g/mol. The highest BCUT2D eigenvalue weighted by atomic mass is 16.5. The second-order valence-electron chi connectivity index (χ2n) is 4.96. The minimum Gasteiger partial charge on any atom is -0.380 e. The largest absolute Gasteiger partial charge is 0.380 e. The normalized spacial score (nSPS) is 29.6. The zero-order chi connectivity index (χ0) is 13.2. The van der Waals surface area contributed by atoms with Crippen LogP contribution in [0.3, 0.4) is 0 Å². The van der Waals surface area contributed by atoms with Gasteiger partial charge in [-0.05, 0) is 7.05 Å². The Balaban J connectivity index is 1.73. The maximum absolute atomic E-state index is 11.8. The van der Waals surface area contributed by atoms with E-state index in [1.807, 2.05) is 7.05 Å². The van der Waals surface area contributed by atoms with Gasteiger partial charge in [-0.3, -0.25) is 4.79 Å². The van der Waals surface area contributed by atoms with Crippen LogP contribution < -0.4 is 0 Å². The van der Waals surface area contributed by atoms with Gasteiger partial charge >= 0.3 is 0 Å². The Morgan fingerprint density at radius 3 is 3.05 bits per heavy atom. The van der Waals surface area contributed by atoms with Gasteiger partial charge in [-0.2, -0.15) is 4.98 Å². The maximum atomic E-state index is 11.8. The first-order valence-corrected chi connectivity index (χ1v) is 6.48. The smallest absolute Gasteiger partial charge is 0.239 e. The Morgan fingerprint density at radius 2 is 2.26 bits per heavy atom. The molecule has 0 saturated carbocycles. The fourth-order valence-electron chi connectivity index (χ4n) is 2.30. The summed E-state index contributed by atoms with van der Waals surface area (Å²) in [4.78, 5) is 18.2. The number of likely N-dealkylation sites (N-methyl/N-ethyl adjacent to an activating group) is 1. The van der Waals surface area contributed by atoms with Gasteiger partial charge in [0.1, 0.15) is 17.8 Å². The molecule has 0 aromatic carbocycles. The van der Waals surface area contributed by atoms with E-state index in [2.05, 4.69) is 15.0 Å². The van der Waals surface area contributed by atoms with E-state index in [0.29, 0.717) is 38.0 Å². The molecule has 3 heterocycles. The van der Waals surface area contributed by atoms with E-state index >= 15 is 0 Å². The summed E-state index contributed by atoms with van der Waals surface area (Å²) in [6.07, 6.45) is 0.223. The van der Waals surface area contributed by atoms with Crippen LogP contribution in [-0.4, -0.2) is 60.8 Å². The number of Topliss-reactive ketones (excluding diaryl/α,β-unsaturated/α-hetero) is 1. The Labute approximate surface area is 110 Å². The van der Waals surface area contributed by atoms with Crippen molar-refractivity contribution in [1.29, 1.82) is 0 Å². The lowest BCUT2D eigenvalue weighted by Crippen LogP contribution is -2.35. The molecule has 1 aromatic rings. The standard InChI is InChI=1S/C12H17N3O4/c1-15-3-5-18-10(6-15)11-13-12(19-14-11)8-7-17-4-2-9(8)16/h8,10H,2-7H2,1H3. The van der Waals surface area contributed by atoms with E-state index in [-0.39, 0.29) is 11.9 Å². The molecular formula is C12H17N3O4. The molecular weight excluding hydrogens is 250 g/mol. The van der Waals surface area contributed by atoms with E-state index in [4.69, 9.17) is 14.0 Å². The van der Waals surface area contributed by atoms with Crippen molar-refractivity contribution in [1.82, 2.24) is 15.0 Å². The fourth-order valence-corrected chi connectivity index (χ4v) is 2.30. The molecule has 2 atom stereocenters. The van der Waals surface area contributed by atoms with Crippen LogP contribution in [0.25, 0.3) is 0 Å². The van der Waals surface area contributed by atoms with Gasteiger partial charge in [0.15, 0.2) is 0 Å². The first kappa shape index (κ1) is 12.7. The van der Waals surface area contributed by atoms with E-state index < -0.39 is 5.92 Å². The highest BCUT2D eigenvalue weighted by molar-refractivity contribution is 5.85. The molecule has 7 nitrogen and oxygen atoms in total. The van der Waals surface area contributed by atoms with Gasteiger partial charge in [0.2, 0.25) is 11.7 Å². The van der Waals surface area contributed by atoms with Crippen LogP contribution in [0.4, 0.5) is 0 Å². The molecule has 2 unspecified atom stereocenters. The zero-order valence-corrected chi connectivity index (χ0v) is 10.9. The SMILES string of the molecule is CN1CCOC(c2noc(C3COCCC3=O)n2)C1. The molecule has 0 spiro atoms. The Hall–Kier alpha value is -1.31. The lowest BCUT2D eigenvalue weighted by Gasteiger charge is -2.27. The van der Waals surface area contributed by atoms with Crippen molar-refractivity contribution in [3.05, 3.63) is 11.7 Å². The minimum absolute atomic E-state index is 0.100. The molecule has 104 valence electrons. The Bertz CT molecular complexity index is 462. The van der Waals surface area contributed by atoms with E-state index in [1.54, 1.807) is 0 Å². The number of ether oxygens (including phenoxy) is 2. The summed E-state index contributed by atoms with van der Waals surface area (Å²) in [7, 11) is 2.02. The van der Waals surface area contributed by atoms with Gasteiger partial charge in [0, 0.05) is 19.5 Å². The van der Waals surface area contributed by atoms with Gasteiger partial charge < -0.3 is 18.9 Å². The molecule has 0 amide bonds. The van der Waals surface area contributed by atoms with Crippen molar-refractivity contribution in [2.24, 2.45) is 0 Å². The quantitative estimate of drug-likeness (QED) is 0.754. The number of ketones is 1. The van der Waals surface area contributed by atoms with Crippen LogP contribution in [0.1, 0.15) is 30.2 Å². The third kappa shape index (κ3) is 2.68. The van der Waals surface area contributed by atoms with Crippen LogP contribution in [-0.2, 0) is 14.3 Å². The van der Waals surface area contributed by atoms with Crippen molar-refractivity contribution in [3.63, 3.8) is 0 Å². The second kappa shape index (κ2) is 5.36. The molecule has 0 N–H and O–H groups in total. The number of carbonyl (C=O) groups is 1. The molecule has 7 heteroatoms. The topological polar surface area (TPSA) is 77.7 Å². The average molecular weight is 267 g/mol. The summed E-state index contributed by atoms with van der Waals surface area (Å²) in [5, 5.41) is 3.94. The summed E-state index contributed by atoms with van der Waals surface area (Å²) in [5.74, 6) is 0.538. The van der Waals surface area contributed by atoms with Crippen molar-refractivity contribution in [3.8, 4) is 0 Å². The Kier molecular flexibility index (Phi) is 3.58. The van der Waals surface area contributed by atoms with Crippen molar-refractivity contribution in [2.45, 2.75) is 18.4 Å². The van der Waals surface area contributed by atoms with E-state index in [9.17, 15) is 4.79 Å². The van der Waals surface area contributed by atoms with Crippen LogP contribution >= 0.6 is 0 Å². The number of carbonyl (C=O) groups excluding carboxylic acids is 1. The van der Waals surface area contributed by atoms with Crippen LogP contribution in [0, 0.1) is 0 Å². The zero-order valence-electron chi connectivity index (χ0n) is 10.9. The van der Waals surface area contributed by atoms with Crippen molar-refractivity contribution in [2.75, 3.05) is 40.0 Å². The molecule has 2 saturated heterocycles. The van der Waals surface area contributed by atoms with Gasteiger partial charge in [-0.1, -0.05) is 5.16 Å². The number of hydrogen-bond acceptors (Lipinski definition) is 7. The molecule has 0 bridgehead atoms. The molecule has 2 aliphatic rings. The third-order valence-electron chi connectivity index (χ3n) is 3.48. The fraction of sp³-hybridized carbons (Fsp3) is 0.750. The van der Waals surface area contributed by atoms with Crippen LogP contribution in [0.15, 0.2) is 4.52 Å². The predicted octanol–water partition coefficient (Wildman–Crippen LogP) is 0.146. The third-order valence-corrected chi connectivity index (χ3v) is 3.48. The van der Waals surface area contributed by atoms with E-state index in [0.717, 1.165) is 13.1 Å². The number of morpholine rings is 1. The molecule has 0 radical (unpaired) electrons. The summed E-state index contributed by atoms with van der Waals surface area (Å²) in [6, 6.07) is 0. The number of hydrogen-bond donors (Lipinski definition) is 0. The first-order valence-electron chi connectivity index (χ1n) is 6.48. The average Bonchev–Trinajstić information content (AvgIpc) is 2.89. The first-order chi connectivity index (χ1) is 9.24. The number of nitrogens with zero attached hydrogens (tertiary/aromatic N) is 3. The molecule has 2 aliphatic heterocycles. The molecule has 3 rings (SSSR count). The highest BCUT2D eigenvalue weighted by Gasteiger charge is 2.32. The van der Waals surface area contributed by atoms with Gasteiger partial charge in [0.25, 0.3) is 0 Å². The summed E-state index contributed by atoms with van der Waals surface area (Å²) < 4.78 is 16.1. The molecule has 0 aliphatic carbocycles. The van der Waals surface area contributed by atoms with Crippen LogP contribution in [0.5, 0.6) is 0 Å². The number of aromatic nitrogens is 2. The second-order valence-corrected chi connectivity index (χ2v) is 4.96. The van der Waals surface area contributed by atoms with Gasteiger partial charge in [-0.15, -0.1) is 0 Å². The Morgan fingerprint density at radius 1 is 1.37 bits per heavy atom. The molecule has 19 heavy (non-hydrogen) atoms. The van der Waals surface area contributed by atoms with Gasteiger partial charge in [0.05, 0.1) is 19.8 Å². The number of rotatable bonds is 2. The van der Waals surface area contributed by atoms with Crippen LogP contribution in [0.2, 0.25) is 0 Å². The molecule has 2 fully saturated rings. The van der Waals surface area contributed by atoms with Crippen molar-refractivity contribution < 1.29 is 18.8 Å². The lowest BCUT2D eigenvalue weighted by molar-refractivity contribution is -0.127. The van der Waals surface area contributed by atoms with Gasteiger partial charge in [-0.25, -0.2) is 0 Å². The highest BCUT2D eigenvalue weighted by Crippen LogP contribution is 2.24. The van der Waals surface area contributed by atoms with E-state index in [1.165, 1.54) is 0 Å². The predicted molar refractivity (Wildman–Crippen MR) is 63.7 cm³/mol. The minimum atomic E-state index is -0.420. The lowest BCUT2D eigenvalue weighted by atomic mass is 10.0. The molecule has 1 aromatic heterocycles. The van der Waals surface area contributed by atoms with Crippen molar-refractivity contribution >= 4 is 5.78 Å². The summed E-state index contributed by atoms with van der Waals surface area (Å²) in [5.41, 5.74) is 0. The summed E-state index contributed by atoms with van der Waals surface area (Å²) >= 11 is 0. The summed E-state index contributed by atoms with van der Waals surface area (Å²) in [6.45, 7) is 3.08.